The maximum atomic E-state index is 12.9. The number of thiocarbonyl (C=S) groups is 1. The average Bonchev–Trinajstić information content (AvgIpc) is 2.47. The molecule has 0 radical (unpaired) electrons. The minimum absolute atomic E-state index is 0.0176. The number of carbonyl (C=O) groups is 1. The second kappa shape index (κ2) is 11.0. The van der Waals surface area contributed by atoms with E-state index in [2.05, 4.69) is 0 Å². The molecule has 0 fully saturated rings. The largest absolute Gasteiger partial charge is 0.478 e. The summed E-state index contributed by atoms with van der Waals surface area (Å²) in [7, 11) is -3.78. The Hall–Kier alpha value is -0.150. The zero-order valence-corrected chi connectivity index (χ0v) is 18.1. The van der Waals surface area contributed by atoms with Crippen LogP contribution in [0.15, 0.2) is 0 Å². The molecule has 0 aliphatic heterocycles. The van der Waals surface area contributed by atoms with Crippen LogP contribution < -0.4 is 0 Å². The first-order valence-corrected chi connectivity index (χ1v) is 11.0. The van der Waals surface area contributed by atoms with Crippen molar-refractivity contribution in [1.82, 2.24) is 0 Å². The maximum Gasteiger partial charge on any atom is 0.449 e. The molecule has 0 aliphatic rings. The number of halogens is 3. The molecule has 0 amide bonds. The van der Waals surface area contributed by atoms with E-state index in [-0.39, 0.29) is 36.0 Å². The lowest BCUT2D eigenvalue weighted by Gasteiger charge is -2.26. The molecule has 0 N–H and O–H groups in total. The third-order valence-corrected chi connectivity index (χ3v) is 7.28. The predicted octanol–water partition coefficient (Wildman–Crippen LogP) is 5.57. The van der Waals surface area contributed by atoms with Crippen molar-refractivity contribution in [1.29, 1.82) is 0 Å². The van der Waals surface area contributed by atoms with Gasteiger partial charge in [-0.15, -0.1) is 0 Å². The van der Waals surface area contributed by atoms with Crippen molar-refractivity contribution in [3.63, 3.8) is 0 Å². The molecule has 0 saturated heterocycles. The van der Waals surface area contributed by atoms with Gasteiger partial charge in [0.15, 0.2) is 0 Å². The summed E-state index contributed by atoms with van der Waals surface area (Å²) in [6.07, 6.45) is -6.15. The highest BCUT2D eigenvalue weighted by Gasteiger charge is 2.42. The van der Waals surface area contributed by atoms with E-state index in [0.717, 1.165) is 11.8 Å². The minimum Gasteiger partial charge on any atom is -0.478 e. The van der Waals surface area contributed by atoms with Crippen molar-refractivity contribution in [2.75, 3.05) is 19.8 Å². The molecule has 1 atom stereocenters. The van der Waals surface area contributed by atoms with Crippen LogP contribution in [0.1, 0.15) is 47.5 Å². The number of hydrogen-bond donors (Lipinski definition) is 0. The predicted molar refractivity (Wildman–Crippen MR) is 101 cm³/mol. The van der Waals surface area contributed by atoms with Crippen LogP contribution in [-0.4, -0.2) is 41.2 Å². The quantitative estimate of drug-likeness (QED) is 0.326. The Morgan fingerprint density at radius 1 is 1.15 bits per heavy atom. The van der Waals surface area contributed by atoms with Gasteiger partial charge in [-0.2, -0.15) is 13.2 Å². The van der Waals surface area contributed by atoms with Gasteiger partial charge in [0.2, 0.25) is 10.2 Å². The van der Waals surface area contributed by atoms with Gasteiger partial charge in [-0.25, -0.2) is 0 Å². The molecule has 0 aromatic carbocycles. The first-order valence-electron chi connectivity index (χ1n) is 8.07. The Labute approximate surface area is 162 Å². The summed E-state index contributed by atoms with van der Waals surface area (Å²) >= 11 is 5.89. The van der Waals surface area contributed by atoms with E-state index in [9.17, 15) is 22.5 Å². The van der Waals surface area contributed by atoms with Crippen LogP contribution in [0.5, 0.6) is 0 Å². The van der Waals surface area contributed by atoms with Crippen molar-refractivity contribution >= 4 is 41.7 Å². The molecule has 0 rings (SSSR count). The highest BCUT2D eigenvalue weighted by atomic mass is 32.2. The molecule has 26 heavy (non-hydrogen) atoms. The monoisotopic (exact) mass is 438 g/mol. The molecule has 0 aliphatic carbocycles. The van der Waals surface area contributed by atoms with Crippen molar-refractivity contribution < 1.29 is 36.3 Å². The molecule has 1 unspecified atom stereocenters. The van der Waals surface area contributed by atoms with Crippen molar-refractivity contribution in [2.24, 2.45) is 5.41 Å². The van der Waals surface area contributed by atoms with E-state index in [1.807, 2.05) is 20.8 Å². The Bertz CT molecular complexity index is 510. The van der Waals surface area contributed by atoms with Gasteiger partial charge in [-0.1, -0.05) is 32.5 Å². The van der Waals surface area contributed by atoms with Crippen molar-refractivity contribution in [3.8, 4) is 0 Å². The number of carbonyl (C=O) groups excluding carboxylic acids is 1. The van der Waals surface area contributed by atoms with Gasteiger partial charge in [-0.3, -0.25) is 9.36 Å². The number of alkyl halides is 3. The summed E-state index contributed by atoms with van der Waals surface area (Å²) in [4.78, 5) is 10.1. The molecule has 5 nitrogen and oxygen atoms in total. The van der Waals surface area contributed by atoms with E-state index >= 15 is 0 Å². The summed E-state index contributed by atoms with van der Waals surface area (Å²) in [5.41, 5.74) is -0.185. The zero-order chi connectivity index (χ0) is 20.6. The van der Waals surface area contributed by atoms with Gasteiger partial charge >= 0.3 is 13.8 Å². The third kappa shape index (κ3) is 10.3. The van der Waals surface area contributed by atoms with Gasteiger partial charge in [0, 0.05) is 6.42 Å². The van der Waals surface area contributed by atoms with E-state index in [1.165, 1.54) is 0 Å². The number of Topliss-reactive ketones (excluding diaryl/α,β-unsaturated/α-hetero) is 1. The van der Waals surface area contributed by atoms with Crippen LogP contribution in [0.25, 0.3) is 0 Å². The van der Waals surface area contributed by atoms with Gasteiger partial charge in [-0.05, 0) is 37.9 Å². The fraction of sp³-hybridized carbons (Fsp3) is 0.867. The molecular weight excluding hydrogens is 412 g/mol. The van der Waals surface area contributed by atoms with E-state index in [4.69, 9.17) is 26.0 Å². The summed E-state index contributed by atoms with van der Waals surface area (Å²) in [6.45, 7) is 9.29. The molecule has 0 aromatic heterocycles. The lowest BCUT2D eigenvalue weighted by molar-refractivity contribution is -0.171. The van der Waals surface area contributed by atoms with Crippen LogP contribution in [0.3, 0.4) is 0 Å². The number of ketones is 1. The van der Waals surface area contributed by atoms with E-state index in [1.54, 1.807) is 13.8 Å². The van der Waals surface area contributed by atoms with Crippen LogP contribution in [0, 0.1) is 5.41 Å². The Morgan fingerprint density at radius 2 is 1.65 bits per heavy atom. The standard InChI is InChI=1S/C15H26F3O5PS2/c1-6-22-24(20,23-7-2)12(9-8-11(19)15(16,17)18)26-13(25)21-10-14(3,4)5/h12H,6-10H2,1-5H3. The topological polar surface area (TPSA) is 61.8 Å². The molecule has 0 bridgehead atoms. The first kappa shape index (κ1) is 25.9. The molecule has 0 spiro atoms. The van der Waals surface area contributed by atoms with Crippen LogP contribution in [-0.2, 0) is 23.1 Å². The highest BCUT2D eigenvalue weighted by molar-refractivity contribution is 8.25. The third-order valence-electron chi connectivity index (χ3n) is 2.76. The lowest BCUT2D eigenvalue weighted by Crippen LogP contribution is -2.24. The number of rotatable bonds is 10. The number of thioether (sulfide) groups is 1. The fourth-order valence-electron chi connectivity index (χ4n) is 1.66. The molecule has 0 saturated carbocycles. The molecule has 0 aromatic rings. The Morgan fingerprint density at radius 3 is 2.04 bits per heavy atom. The minimum atomic E-state index is -4.94. The average molecular weight is 438 g/mol. The molecule has 154 valence electrons. The first-order chi connectivity index (χ1) is 11.7. The van der Waals surface area contributed by atoms with Gasteiger partial charge in [0.05, 0.1) is 19.8 Å². The molecule has 0 heterocycles. The second-order valence-corrected chi connectivity index (χ2v) is 10.9. The molecule has 11 heteroatoms. The van der Waals surface area contributed by atoms with Gasteiger partial charge in [0.25, 0.3) is 0 Å². The van der Waals surface area contributed by atoms with Gasteiger partial charge in [0.1, 0.15) is 4.99 Å². The Balaban J connectivity index is 5.23. The summed E-state index contributed by atoms with van der Waals surface area (Å²) in [5, 5.41) is 0. The summed E-state index contributed by atoms with van der Waals surface area (Å²) < 4.78 is 66.2. The van der Waals surface area contributed by atoms with Crippen LogP contribution in [0.2, 0.25) is 0 Å². The Kier molecular flexibility index (Phi) is 10.9. The smallest absolute Gasteiger partial charge is 0.449 e. The fourth-order valence-corrected chi connectivity index (χ4v) is 5.61. The number of hydrogen-bond acceptors (Lipinski definition) is 7. The second-order valence-electron chi connectivity index (χ2n) is 6.51. The normalized spacial score (nSPS) is 14.2. The lowest BCUT2D eigenvalue weighted by atomic mass is 9.99. The van der Waals surface area contributed by atoms with Crippen molar-refractivity contribution in [3.05, 3.63) is 0 Å². The summed E-state index contributed by atoms with van der Waals surface area (Å²) in [5.74, 6) is -1.90. The zero-order valence-electron chi connectivity index (χ0n) is 15.6. The SMILES string of the molecule is CCOP(=O)(OCC)C(CCC(=O)C(F)(F)F)SC(=S)OCC(C)(C)C. The van der Waals surface area contributed by atoms with E-state index in [0.29, 0.717) is 0 Å². The number of ether oxygens (including phenoxy) is 1. The van der Waals surface area contributed by atoms with Crippen LogP contribution >= 0.6 is 31.6 Å². The summed E-state index contributed by atoms with van der Waals surface area (Å²) in [6, 6.07) is 0. The van der Waals surface area contributed by atoms with Crippen molar-refractivity contribution in [2.45, 2.75) is 58.6 Å². The van der Waals surface area contributed by atoms with Gasteiger partial charge < -0.3 is 13.8 Å². The highest BCUT2D eigenvalue weighted by Crippen LogP contribution is 2.59. The molecular formula is C15H26F3O5PS2. The van der Waals surface area contributed by atoms with E-state index < -0.39 is 31.0 Å². The van der Waals surface area contributed by atoms with Crippen LogP contribution in [0.4, 0.5) is 13.2 Å². The maximum absolute atomic E-state index is 12.9.